The number of benzene rings is 2. The molecule has 0 saturated carbocycles. The van der Waals surface area contributed by atoms with Crippen LogP contribution in [0.3, 0.4) is 0 Å². The highest BCUT2D eigenvalue weighted by Crippen LogP contribution is 2.29. The van der Waals surface area contributed by atoms with Gasteiger partial charge in [-0.2, -0.15) is 21.6 Å². The molecule has 1 N–H and O–H groups in total. The first-order chi connectivity index (χ1) is 14.5. The number of ether oxygens (including phenoxy) is 1. The molecule has 0 spiro atoms. The molecule has 0 saturated heterocycles. The minimum absolute atomic E-state index is 0.00483. The number of esters is 1. The van der Waals surface area contributed by atoms with E-state index in [1.807, 2.05) is 0 Å². The van der Waals surface area contributed by atoms with Gasteiger partial charge in [-0.3, -0.25) is 4.72 Å². The van der Waals surface area contributed by atoms with E-state index in [2.05, 4.69) is 9.89 Å². The Morgan fingerprint density at radius 2 is 1.81 bits per heavy atom. The number of anilines is 1. The maximum atomic E-state index is 12.7. The number of rotatable bonds is 8. The van der Waals surface area contributed by atoms with E-state index in [0.717, 1.165) is 6.07 Å². The van der Waals surface area contributed by atoms with Crippen LogP contribution < -0.4 is 4.72 Å². The number of hydrogen-bond acceptors (Lipinski definition) is 6. The average Bonchev–Trinajstić information content (AvgIpc) is 2.71. The van der Waals surface area contributed by atoms with Gasteiger partial charge in [-0.25, -0.2) is 4.79 Å². The second-order valence-corrected chi connectivity index (χ2v) is 8.20. The summed E-state index contributed by atoms with van der Waals surface area (Å²) in [5, 5.41) is 4.10. The molecule has 0 aliphatic heterocycles. The third-order valence-electron chi connectivity index (χ3n) is 3.96. The first-order valence-electron chi connectivity index (χ1n) is 8.73. The van der Waals surface area contributed by atoms with E-state index in [9.17, 15) is 26.4 Å². The summed E-state index contributed by atoms with van der Waals surface area (Å²) < 4.78 is 67.3. The SMILES string of the molecule is CCC(=NOCc1ccc(C(=O)OC)cc1)c1cc(Cl)ccc1NS(=O)(=O)C(F)(F)F. The summed E-state index contributed by atoms with van der Waals surface area (Å²) in [7, 11) is -4.37. The van der Waals surface area contributed by atoms with Gasteiger partial charge in [0.05, 0.1) is 24.1 Å². The van der Waals surface area contributed by atoms with Gasteiger partial charge >= 0.3 is 21.5 Å². The molecule has 0 heterocycles. The molecule has 0 aromatic heterocycles. The van der Waals surface area contributed by atoms with Gasteiger partial charge in [-0.15, -0.1) is 0 Å². The summed E-state index contributed by atoms with van der Waals surface area (Å²) >= 11 is 5.93. The van der Waals surface area contributed by atoms with Crippen molar-refractivity contribution in [3.05, 3.63) is 64.2 Å². The predicted molar refractivity (Wildman–Crippen MR) is 109 cm³/mol. The quantitative estimate of drug-likeness (QED) is 0.336. The van der Waals surface area contributed by atoms with E-state index in [-0.39, 0.29) is 35.0 Å². The van der Waals surface area contributed by atoms with E-state index in [1.54, 1.807) is 19.1 Å². The Balaban J connectivity index is 2.24. The number of sulfonamides is 1. The van der Waals surface area contributed by atoms with Crippen LogP contribution in [0.1, 0.15) is 34.8 Å². The lowest BCUT2D eigenvalue weighted by Gasteiger charge is -2.15. The summed E-state index contributed by atoms with van der Waals surface area (Å²) in [5.74, 6) is -0.492. The molecule has 168 valence electrons. The Morgan fingerprint density at radius 1 is 1.16 bits per heavy atom. The van der Waals surface area contributed by atoms with Crippen LogP contribution in [0.15, 0.2) is 47.6 Å². The highest BCUT2D eigenvalue weighted by Gasteiger charge is 2.46. The maximum Gasteiger partial charge on any atom is 0.516 e. The fourth-order valence-corrected chi connectivity index (χ4v) is 3.15. The summed E-state index contributed by atoms with van der Waals surface area (Å²) in [6, 6.07) is 9.96. The fraction of sp³-hybridized carbons (Fsp3) is 0.263. The van der Waals surface area contributed by atoms with E-state index in [4.69, 9.17) is 16.4 Å². The van der Waals surface area contributed by atoms with Gasteiger partial charge in [0.25, 0.3) is 0 Å². The Kier molecular flexibility index (Phi) is 7.91. The first-order valence-corrected chi connectivity index (χ1v) is 10.6. The molecule has 0 aliphatic carbocycles. The lowest BCUT2D eigenvalue weighted by molar-refractivity contribution is -0.0429. The Bertz CT molecular complexity index is 1070. The van der Waals surface area contributed by atoms with Crippen molar-refractivity contribution >= 4 is 39.0 Å². The van der Waals surface area contributed by atoms with Crippen LogP contribution in [-0.4, -0.2) is 32.7 Å². The minimum Gasteiger partial charge on any atom is -0.465 e. The predicted octanol–water partition coefficient (Wildman–Crippen LogP) is 4.72. The van der Waals surface area contributed by atoms with Gasteiger partial charge in [0.1, 0.15) is 6.61 Å². The molecule has 0 amide bonds. The molecule has 7 nitrogen and oxygen atoms in total. The van der Waals surface area contributed by atoms with Gasteiger partial charge in [0.15, 0.2) is 0 Å². The van der Waals surface area contributed by atoms with Crippen molar-refractivity contribution in [2.75, 3.05) is 11.8 Å². The summed E-state index contributed by atoms with van der Waals surface area (Å²) in [6.45, 7) is 1.66. The van der Waals surface area contributed by atoms with Crippen LogP contribution in [0.2, 0.25) is 5.02 Å². The van der Waals surface area contributed by atoms with Crippen molar-refractivity contribution in [3.8, 4) is 0 Å². The van der Waals surface area contributed by atoms with Crippen molar-refractivity contribution < 1.29 is 36.0 Å². The standard InChI is InChI=1S/C19H18ClF3N2O5S/c1-3-16(24-30-11-12-4-6-13(7-5-12)18(26)29-2)15-10-14(20)8-9-17(15)25-31(27,28)19(21,22)23/h4-10,25H,3,11H2,1-2H3. The molecule has 0 aliphatic rings. The highest BCUT2D eigenvalue weighted by atomic mass is 35.5. The number of nitrogens with one attached hydrogen (secondary N) is 1. The molecule has 31 heavy (non-hydrogen) atoms. The molecule has 2 aromatic rings. The third kappa shape index (κ3) is 6.34. The molecule has 0 bridgehead atoms. The summed E-state index contributed by atoms with van der Waals surface area (Å²) in [5.41, 5.74) is -4.59. The van der Waals surface area contributed by atoms with Crippen LogP contribution in [0.25, 0.3) is 0 Å². The van der Waals surface area contributed by atoms with Crippen molar-refractivity contribution in [1.29, 1.82) is 0 Å². The minimum atomic E-state index is -5.63. The number of alkyl halides is 3. The van der Waals surface area contributed by atoms with Crippen LogP contribution >= 0.6 is 11.6 Å². The lowest BCUT2D eigenvalue weighted by atomic mass is 10.1. The van der Waals surface area contributed by atoms with Crippen LogP contribution in [0.4, 0.5) is 18.9 Å². The zero-order valence-electron chi connectivity index (χ0n) is 16.4. The second-order valence-electron chi connectivity index (χ2n) is 6.09. The molecule has 0 unspecified atom stereocenters. The van der Waals surface area contributed by atoms with Crippen molar-refractivity contribution in [2.45, 2.75) is 25.5 Å². The topological polar surface area (TPSA) is 94.1 Å². The molecule has 2 rings (SSSR count). The Hall–Kier alpha value is -2.79. The zero-order chi connectivity index (χ0) is 23.2. The molecule has 0 atom stereocenters. The van der Waals surface area contributed by atoms with Gasteiger partial charge in [0.2, 0.25) is 0 Å². The highest BCUT2D eigenvalue weighted by molar-refractivity contribution is 7.93. The number of nitrogens with zero attached hydrogens (tertiary/aromatic N) is 1. The number of oxime groups is 1. The first kappa shape index (κ1) is 24.5. The normalized spacial score (nSPS) is 12.4. The van der Waals surface area contributed by atoms with E-state index in [0.29, 0.717) is 11.1 Å². The van der Waals surface area contributed by atoms with Crippen molar-refractivity contribution in [2.24, 2.45) is 5.16 Å². The van der Waals surface area contributed by atoms with Gasteiger partial charge in [0, 0.05) is 10.6 Å². The lowest BCUT2D eigenvalue weighted by Crippen LogP contribution is -2.30. The molecular formula is C19H18ClF3N2O5S. The fourth-order valence-electron chi connectivity index (χ4n) is 2.39. The number of carbonyl (C=O) groups is 1. The molecule has 12 heteroatoms. The summed E-state index contributed by atoms with van der Waals surface area (Å²) in [6.07, 6.45) is 0.211. The molecular weight excluding hydrogens is 461 g/mol. The summed E-state index contributed by atoms with van der Waals surface area (Å²) in [4.78, 5) is 16.7. The number of hydrogen-bond donors (Lipinski definition) is 1. The molecule has 0 fully saturated rings. The van der Waals surface area contributed by atoms with Gasteiger partial charge in [-0.05, 0) is 42.3 Å². The third-order valence-corrected chi connectivity index (χ3v) is 5.29. The maximum absolute atomic E-state index is 12.7. The smallest absolute Gasteiger partial charge is 0.465 e. The Labute approximate surface area is 181 Å². The van der Waals surface area contributed by atoms with Crippen molar-refractivity contribution in [1.82, 2.24) is 0 Å². The molecule has 0 radical (unpaired) electrons. The second kappa shape index (κ2) is 10.0. The Morgan fingerprint density at radius 3 is 2.35 bits per heavy atom. The van der Waals surface area contributed by atoms with Crippen molar-refractivity contribution in [3.63, 3.8) is 0 Å². The molecule has 2 aromatic carbocycles. The average molecular weight is 479 g/mol. The van der Waals surface area contributed by atoms with E-state index >= 15 is 0 Å². The zero-order valence-corrected chi connectivity index (χ0v) is 17.9. The number of carbonyl (C=O) groups excluding carboxylic acids is 1. The number of halogens is 4. The van der Waals surface area contributed by atoms with Crippen LogP contribution in [-0.2, 0) is 26.2 Å². The van der Waals surface area contributed by atoms with E-state index < -0.39 is 21.5 Å². The largest absolute Gasteiger partial charge is 0.516 e. The van der Waals surface area contributed by atoms with Crippen LogP contribution in [0, 0.1) is 0 Å². The number of methoxy groups -OCH3 is 1. The van der Waals surface area contributed by atoms with Gasteiger partial charge < -0.3 is 9.57 Å². The monoisotopic (exact) mass is 478 g/mol. The van der Waals surface area contributed by atoms with E-state index in [1.165, 1.54) is 36.1 Å². The van der Waals surface area contributed by atoms with Gasteiger partial charge in [-0.1, -0.05) is 35.8 Å². The van der Waals surface area contributed by atoms with Crippen LogP contribution in [0.5, 0.6) is 0 Å².